The van der Waals surface area contributed by atoms with Crippen LogP contribution in [-0.4, -0.2) is 64.2 Å². The Morgan fingerprint density at radius 1 is 1.26 bits per heavy atom. The van der Waals surface area contributed by atoms with E-state index in [4.69, 9.17) is 5.73 Å². The zero-order valence-corrected chi connectivity index (χ0v) is 17.7. The maximum atomic E-state index is 12.4. The molecule has 1 aliphatic rings. The van der Waals surface area contributed by atoms with Crippen molar-refractivity contribution in [1.29, 1.82) is 0 Å². The molecule has 34 heavy (non-hydrogen) atoms. The monoisotopic (exact) mass is 471 g/mol. The number of carbonyl (C=O) groups is 4. The second-order valence-electron chi connectivity index (χ2n) is 7.10. The lowest BCUT2D eigenvalue weighted by Gasteiger charge is -2.17. The van der Waals surface area contributed by atoms with Crippen LogP contribution in [0.25, 0.3) is 0 Å². The number of carbonyl (C=O) groups excluding carboxylic acids is 3. The maximum Gasteiger partial charge on any atom is 0.326 e. The lowest BCUT2D eigenvalue weighted by atomic mass is 10.1. The number of fused-ring (bicyclic) bond motifs is 1. The highest BCUT2D eigenvalue weighted by atomic mass is 16.6. The van der Waals surface area contributed by atoms with Gasteiger partial charge in [0.25, 0.3) is 11.5 Å². The number of aromatic nitrogens is 2. The maximum absolute atomic E-state index is 12.4. The number of H-pyrrole nitrogens is 1. The first-order valence-electron chi connectivity index (χ1n) is 9.97. The number of aliphatic carboxylic acids is 1. The van der Waals surface area contributed by atoms with Crippen molar-refractivity contribution in [3.8, 4) is 0 Å². The SMILES string of the molecule is Nc1nc2c(c(=O)[nH]1)N=C(CNc1ccc(C(=O)N[C@@H](CCC(=O)OC=O)C(=O)O)cc1)CN2. The van der Waals surface area contributed by atoms with Crippen molar-refractivity contribution >= 4 is 53.2 Å². The van der Waals surface area contributed by atoms with E-state index in [9.17, 15) is 29.1 Å². The molecule has 1 atom stereocenters. The van der Waals surface area contributed by atoms with Crippen molar-refractivity contribution < 1.29 is 29.0 Å². The number of nitrogens with zero attached hydrogens (tertiary/aromatic N) is 2. The van der Waals surface area contributed by atoms with Crippen molar-refractivity contribution in [2.75, 3.05) is 29.5 Å². The molecule has 1 aliphatic heterocycles. The molecule has 3 rings (SSSR count). The molecule has 0 fully saturated rings. The van der Waals surface area contributed by atoms with Gasteiger partial charge in [0, 0.05) is 17.7 Å². The van der Waals surface area contributed by atoms with E-state index in [0.717, 1.165) is 0 Å². The number of esters is 1. The van der Waals surface area contributed by atoms with E-state index in [-0.39, 0.29) is 36.5 Å². The molecule has 14 heteroatoms. The van der Waals surface area contributed by atoms with Crippen molar-refractivity contribution in [3.05, 3.63) is 40.2 Å². The number of aliphatic imine (C=N–C) groups is 1. The molecule has 0 saturated heterocycles. The molecule has 0 bridgehead atoms. The van der Waals surface area contributed by atoms with Crippen molar-refractivity contribution in [3.63, 3.8) is 0 Å². The molecule has 1 amide bonds. The Kier molecular flexibility index (Phi) is 7.53. The summed E-state index contributed by atoms with van der Waals surface area (Å²) >= 11 is 0. The number of rotatable bonds is 10. The van der Waals surface area contributed by atoms with E-state index < -0.39 is 29.4 Å². The zero-order valence-electron chi connectivity index (χ0n) is 17.7. The fraction of sp³-hybridized carbons (Fsp3) is 0.250. The van der Waals surface area contributed by atoms with Gasteiger partial charge in [-0.3, -0.25) is 24.2 Å². The molecule has 1 aromatic heterocycles. The van der Waals surface area contributed by atoms with Crippen LogP contribution in [-0.2, 0) is 19.1 Å². The number of carboxylic acids is 1. The third kappa shape index (κ3) is 6.15. The summed E-state index contributed by atoms with van der Waals surface area (Å²) in [5.74, 6) is -2.57. The summed E-state index contributed by atoms with van der Waals surface area (Å²) in [5.41, 5.74) is 6.69. The van der Waals surface area contributed by atoms with Gasteiger partial charge >= 0.3 is 18.4 Å². The summed E-state index contributed by atoms with van der Waals surface area (Å²) in [6.07, 6.45) is -0.588. The third-order valence-corrected chi connectivity index (χ3v) is 4.71. The van der Waals surface area contributed by atoms with Gasteiger partial charge in [-0.2, -0.15) is 4.98 Å². The lowest BCUT2D eigenvalue weighted by molar-refractivity contribution is -0.151. The average Bonchev–Trinajstić information content (AvgIpc) is 2.80. The molecule has 1 aromatic carbocycles. The number of amides is 1. The largest absolute Gasteiger partial charge is 0.480 e. The Morgan fingerprint density at radius 2 is 2.00 bits per heavy atom. The predicted octanol–water partition coefficient (Wildman–Crippen LogP) is -0.375. The minimum Gasteiger partial charge on any atom is -0.480 e. The zero-order chi connectivity index (χ0) is 24.7. The highest BCUT2D eigenvalue weighted by Crippen LogP contribution is 2.21. The van der Waals surface area contributed by atoms with E-state index >= 15 is 0 Å². The summed E-state index contributed by atoms with van der Waals surface area (Å²) in [4.78, 5) is 67.7. The van der Waals surface area contributed by atoms with Crippen LogP contribution >= 0.6 is 0 Å². The van der Waals surface area contributed by atoms with E-state index in [0.29, 0.717) is 30.3 Å². The van der Waals surface area contributed by atoms with Gasteiger partial charge in [-0.05, 0) is 30.7 Å². The second kappa shape index (κ2) is 10.7. The molecule has 0 radical (unpaired) electrons. The molecule has 0 saturated carbocycles. The smallest absolute Gasteiger partial charge is 0.326 e. The summed E-state index contributed by atoms with van der Waals surface area (Å²) in [6.45, 7) is 0.614. The van der Waals surface area contributed by atoms with Gasteiger partial charge in [-0.15, -0.1) is 0 Å². The molecule has 7 N–H and O–H groups in total. The number of hydrogen-bond donors (Lipinski definition) is 6. The summed E-state index contributed by atoms with van der Waals surface area (Å²) in [6, 6.07) is 4.88. The first-order chi connectivity index (χ1) is 16.3. The molecular weight excluding hydrogens is 450 g/mol. The van der Waals surface area contributed by atoms with Crippen LogP contribution in [0.1, 0.15) is 23.2 Å². The second-order valence-corrected chi connectivity index (χ2v) is 7.10. The molecule has 0 unspecified atom stereocenters. The van der Waals surface area contributed by atoms with Gasteiger partial charge in [0.15, 0.2) is 11.5 Å². The number of aromatic amines is 1. The van der Waals surface area contributed by atoms with Crippen molar-refractivity contribution in [1.82, 2.24) is 15.3 Å². The number of ether oxygens (including phenoxy) is 1. The normalized spacial score (nSPS) is 12.9. The molecule has 14 nitrogen and oxygen atoms in total. The number of nitrogens with one attached hydrogen (secondary N) is 4. The molecule has 2 aromatic rings. The van der Waals surface area contributed by atoms with Crippen LogP contribution in [0.4, 0.5) is 23.1 Å². The Hall–Kier alpha value is -4.75. The first kappa shape index (κ1) is 23.9. The van der Waals surface area contributed by atoms with Crippen LogP contribution in [0, 0.1) is 0 Å². The first-order valence-corrected chi connectivity index (χ1v) is 9.97. The summed E-state index contributed by atoms with van der Waals surface area (Å²) < 4.78 is 4.10. The molecule has 0 spiro atoms. The Labute approximate surface area is 191 Å². The minimum absolute atomic E-state index is 0.00719. The quantitative estimate of drug-likeness (QED) is 0.149. The number of anilines is 3. The van der Waals surface area contributed by atoms with Gasteiger partial charge in [-0.25, -0.2) is 9.79 Å². The highest BCUT2D eigenvalue weighted by molar-refractivity contribution is 5.98. The van der Waals surface area contributed by atoms with Crippen LogP contribution < -0.4 is 27.2 Å². The average molecular weight is 471 g/mol. The highest BCUT2D eigenvalue weighted by Gasteiger charge is 2.22. The van der Waals surface area contributed by atoms with Crippen molar-refractivity contribution in [2.24, 2.45) is 4.99 Å². The number of nitrogens with two attached hydrogens (primary N) is 1. The number of hydrogen-bond acceptors (Lipinski definition) is 11. The standard InChI is InChI=1S/C20H21N7O7/c21-20-26-16-15(18(31)27-20)24-12(8-23-16)7-22-11-3-1-10(2-4-11)17(30)25-13(19(32)33)5-6-14(29)34-9-28/h1-4,9,13,22H,5-8H2,(H,25,30)(H,32,33)(H4,21,23,26,27,31)/t13-/m0/s1. The molecular formula is C20H21N7O7. The summed E-state index contributed by atoms with van der Waals surface area (Å²) in [7, 11) is 0. The van der Waals surface area contributed by atoms with Gasteiger partial charge in [-0.1, -0.05) is 0 Å². The van der Waals surface area contributed by atoms with Crippen LogP contribution in [0.15, 0.2) is 34.1 Å². The van der Waals surface area contributed by atoms with Crippen LogP contribution in [0.5, 0.6) is 0 Å². The minimum atomic E-state index is -1.34. The van der Waals surface area contributed by atoms with Gasteiger partial charge < -0.3 is 31.5 Å². The van der Waals surface area contributed by atoms with E-state index in [1.165, 1.54) is 12.1 Å². The van der Waals surface area contributed by atoms with Gasteiger partial charge in [0.05, 0.1) is 18.8 Å². The molecule has 2 heterocycles. The molecule has 0 aliphatic carbocycles. The predicted molar refractivity (Wildman–Crippen MR) is 120 cm³/mol. The third-order valence-electron chi connectivity index (χ3n) is 4.71. The fourth-order valence-corrected chi connectivity index (χ4v) is 3.01. The fourth-order valence-electron chi connectivity index (χ4n) is 3.01. The number of nitrogen functional groups attached to an aromatic ring is 1. The van der Waals surface area contributed by atoms with Crippen LogP contribution in [0.3, 0.4) is 0 Å². The molecule has 178 valence electrons. The number of benzene rings is 1. The number of carboxylic acid groups (broad SMARTS) is 1. The van der Waals surface area contributed by atoms with E-state index in [1.54, 1.807) is 12.1 Å². The van der Waals surface area contributed by atoms with Gasteiger partial charge in [0.1, 0.15) is 6.04 Å². The Bertz CT molecular complexity index is 1190. The topological polar surface area (TPSA) is 218 Å². The Balaban J connectivity index is 1.57. The lowest BCUT2D eigenvalue weighted by Crippen LogP contribution is -2.41. The van der Waals surface area contributed by atoms with Crippen molar-refractivity contribution in [2.45, 2.75) is 18.9 Å². The van der Waals surface area contributed by atoms with E-state index in [2.05, 4.69) is 35.6 Å². The van der Waals surface area contributed by atoms with E-state index in [1.807, 2.05) is 0 Å². The van der Waals surface area contributed by atoms with Crippen LogP contribution in [0.2, 0.25) is 0 Å². The summed E-state index contributed by atoms with van der Waals surface area (Å²) in [5, 5.41) is 17.7. The van der Waals surface area contributed by atoms with Gasteiger partial charge in [0.2, 0.25) is 5.95 Å². The Morgan fingerprint density at radius 3 is 2.68 bits per heavy atom.